The topological polar surface area (TPSA) is 115 Å². The van der Waals surface area contributed by atoms with Crippen molar-refractivity contribution in [2.24, 2.45) is 41.4 Å². The summed E-state index contributed by atoms with van der Waals surface area (Å²) in [5.41, 5.74) is 0. The van der Waals surface area contributed by atoms with Crippen LogP contribution in [0.5, 0.6) is 0 Å². The number of carbonyl (C=O) groups excluding carboxylic acids is 3. The number of methoxy groups -OCH3 is 1. The van der Waals surface area contributed by atoms with Gasteiger partial charge in [-0.05, 0) is 73.5 Å². The molecule has 0 spiro atoms. The Bertz CT molecular complexity index is 792. The van der Waals surface area contributed by atoms with E-state index in [2.05, 4.69) is 57.3 Å². The van der Waals surface area contributed by atoms with Crippen LogP contribution >= 0.6 is 8.53 Å². The van der Waals surface area contributed by atoms with Crippen LogP contribution in [0, 0.1) is 41.4 Å². The molecule has 2 aliphatic carbocycles. The van der Waals surface area contributed by atoms with Gasteiger partial charge in [0.15, 0.2) is 0 Å². The lowest BCUT2D eigenvalue weighted by molar-refractivity contribution is -0.145. The van der Waals surface area contributed by atoms with Crippen molar-refractivity contribution in [3.63, 3.8) is 0 Å². The summed E-state index contributed by atoms with van der Waals surface area (Å²) >= 11 is 0. The number of hydrogen-bond donors (Lipinski definition) is 3. The monoisotopic (exact) mass is 599 g/mol. The highest BCUT2D eigenvalue weighted by Crippen LogP contribution is 2.48. The molecule has 0 aromatic carbocycles. The fraction of sp³-hybridized carbons (Fsp3) is 0.903. The van der Waals surface area contributed by atoms with Crippen LogP contribution in [-0.2, 0) is 28.2 Å². The van der Waals surface area contributed by atoms with E-state index < -0.39 is 26.4 Å². The minimum atomic E-state index is -1.51. The molecule has 0 radical (unpaired) electrons. The van der Waals surface area contributed by atoms with Crippen LogP contribution in [0.25, 0.3) is 0 Å². The number of ether oxygens (including phenoxy) is 1. The first-order chi connectivity index (χ1) is 19.3. The van der Waals surface area contributed by atoms with Crippen LogP contribution in [-0.4, -0.2) is 56.2 Å². The maximum Gasteiger partial charge on any atom is 0.328 e. The summed E-state index contributed by atoms with van der Waals surface area (Å²) in [6.07, 6.45) is 7.31. The van der Waals surface area contributed by atoms with Gasteiger partial charge in [-0.2, -0.15) is 0 Å². The minimum absolute atomic E-state index is 0.0192. The number of amides is 2. The van der Waals surface area contributed by atoms with Crippen molar-refractivity contribution in [1.29, 1.82) is 0 Å². The van der Waals surface area contributed by atoms with Gasteiger partial charge >= 0.3 is 5.97 Å². The van der Waals surface area contributed by atoms with Crippen LogP contribution in [0.3, 0.4) is 0 Å². The molecule has 2 aliphatic rings. The molecule has 0 aromatic rings. The van der Waals surface area contributed by atoms with Crippen LogP contribution in [0.2, 0.25) is 0 Å². The predicted molar refractivity (Wildman–Crippen MR) is 164 cm³/mol. The highest BCUT2D eigenvalue weighted by Gasteiger charge is 2.38. The second-order valence-corrected chi connectivity index (χ2v) is 14.8. The average molecular weight is 600 g/mol. The highest BCUT2D eigenvalue weighted by molar-refractivity contribution is 7.45. The quantitative estimate of drug-likeness (QED) is 0.166. The third-order valence-electron chi connectivity index (χ3n) is 8.73. The Balaban J connectivity index is 2.03. The summed E-state index contributed by atoms with van der Waals surface area (Å²) in [5, 5.41) is 8.62. The van der Waals surface area contributed by atoms with Crippen molar-refractivity contribution in [3.05, 3.63) is 0 Å². The van der Waals surface area contributed by atoms with Gasteiger partial charge in [-0.3, -0.25) is 9.59 Å². The first-order valence-electron chi connectivity index (χ1n) is 15.8. The normalized spacial score (nSPS) is 27.7. The lowest BCUT2D eigenvalue weighted by atomic mass is 9.75. The SMILES string of the molecule is COC(=O)[C@@H](CC(C)C)NC(=O)CNC(=O)CNP(O[C@@H]1C[C@H](C)CC[C@H]1C(C)C)O[C@@H]1C[C@H](C)CC[C@H]1C(C)C. The van der Waals surface area contributed by atoms with Gasteiger partial charge in [-0.25, -0.2) is 9.88 Å². The summed E-state index contributed by atoms with van der Waals surface area (Å²) in [7, 11) is -0.215. The second-order valence-electron chi connectivity index (χ2n) is 13.6. The second kappa shape index (κ2) is 17.7. The standard InChI is InChI=1S/C31H58N3O6P/c1-19(2)14-26(31(37)38-9)34-30(36)17-32-29(35)18-33-41(39-27-15-22(7)10-12-24(27)20(3)4)40-28-16-23(8)11-13-25(28)21(5)6/h19-28,33H,10-18H2,1-9H3,(H,32,35)(H,34,36)/t22-,23-,24+,25+,26-,27-,28-/m1/s1. The average Bonchev–Trinajstić information content (AvgIpc) is 2.89. The third kappa shape index (κ3) is 12.5. The molecule has 2 amide bonds. The molecule has 2 fully saturated rings. The Morgan fingerprint density at radius 1 is 0.780 bits per heavy atom. The van der Waals surface area contributed by atoms with Gasteiger partial charge in [0.05, 0.1) is 32.4 Å². The number of nitrogens with one attached hydrogen (secondary N) is 3. The summed E-state index contributed by atoms with van der Waals surface area (Å²) in [5.74, 6) is 2.06. The maximum absolute atomic E-state index is 12.8. The third-order valence-corrected chi connectivity index (χ3v) is 10.1. The molecule has 0 heterocycles. The van der Waals surface area contributed by atoms with Crippen molar-refractivity contribution in [2.75, 3.05) is 20.2 Å². The van der Waals surface area contributed by atoms with Crippen LogP contribution in [0.1, 0.15) is 100 Å². The van der Waals surface area contributed by atoms with E-state index in [9.17, 15) is 14.4 Å². The maximum atomic E-state index is 12.8. The molecule has 0 bridgehead atoms. The molecule has 0 aliphatic heterocycles. The van der Waals surface area contributed by atoms with Crippen molar-refractivity contribution in [3.8, 4) is 0 Å². The molecule has 7 atom stereocenters. The molecular weight excluding hydrogens is 541 g/mol. The minimum Gasteiger partial charge on any atom is -0.467 e. The van der Waals surface area contributed by atoms with E-state index in [0.29, 0.717) is 41.9 Å². The molecule has 2 saturated carbocycles. The largest absolute Gasteiger partial charge is 0.467 e. The van der Waals surface area contributed by atoms with E-state index in [1.54, 1.807) is 0 Å². The van der Waals surface area contributed by atoms with E-state index in [1.807, 2.05) is 13.8 Å². The summed E-state index contributed by atoms with van der Waals surface area (Å²) in [6, 6.07) is -0.740. The highest BCUT2D eigenvalue weighted by atomic mass is 31.2. The van der Waals surface area contributed by atoms with Gasteiger partial charge in [0.2, 0.25) is 11.8 Å². The molecule has 41 heavy (non-hydrogen) atoms. The smallest absolute Gasteiger partial charge is 0.328 e. The fourth-order valence-corrected chi connectivity index (χ4v) is 7.72. The van der Waals surface area contributed by atoms with Gasteiger partial charge in [0.1, 0.15) is 6.04 Å². The van der Waals surface area contributed by atoms with E-state index in [1.165, 1.54) is 20.0 Å². The number of hydrogen-bond acceptors (Lipinski definition) is 7. The van der Waals surface area contributed by atoms with Crippen molar-refractivity contribution >= 4 is 26.3 Å². The van der Waals surface area contributed by atoms with E-state index in [4.69, 9.17) is 13.8 Å². The molecule has 0 unspecified atom stereocenters. The lowest BCUT2D eigenvalue weighted by Crippen LogP contribution is -2.47. The number of esters is 1. The van der Waals surface area contributed by atoms with Crippen LogP contribution in [0.4, 0.5) is 0 Å². The summed E-state index contributed by atoms with van der Waals surface area (Å²) < 4.78 is 18.3. The molecule has 0 saturated heterocycles. The summed E-state index contributed by atoms with van der Waals surface area (Å²) in [6.45, 7) is 17.3. The van der Waals surface area contributed by atoms with Gasteiger partial charge in [-0.15, -0.1) is 0 Å². The van der Waals surface area contributed by atoms with Gasteiger partial charge in [-0.1, -0.05) is 68.2 Å². The van der Waals surface area contributed by atoms with Crippen molar-refractivity contribution in [2.45, 2.75) is 119 Å². The Morgan fingerprint density at radius 3 is 1.73 bits per heavy atom. The fourth-order valence-electron chi connectivity index (χ4n) is 6.27. The Labute approximate surface area is 250 Å². The van der Waals surface area contributed by atoms with E-state index in [0.717, 1.165) is 25.7 Å². The number of rotatable bonds is 15. The van der Waals surface area contributed by atoms with E-state index >= 15 is 0 Å². The summed E-state index contributed by atoms with van der Waals surface area (Å²) in [4.78, 5) is 37.3. The molecule has 10 heteroatoms. The number of carbonyl (C=O) groups is 3. The Morgan fingerprint density at radius 2 is 1.29 bits per heavy atom. The molecular formula is C31H58N3O6P. The van der Waals surface area contributed by atoms with Gasteiger partial charge < -0.3 is 24.4 Å². The van der Waals surface area contributed by atoms with Gasteiger partial charge in [0.25, 0.3) is 8.53 Å². The molecule has 0 aromatic heterocycles. The van der Waals surface area contributed by atoms with Crippen LogP contribution < -0.4 is 15.7 Å². The first-order valence-corrected chi connectivity index (χ1v) is 17.0. The Kier molecular flexibility index (Phi) is 15.5. The van der Waals surface area contributed by atoms with Gasteiger partial charge in [0, 0.05) is 0 Å². The van der Waals surface area contributed by atoms with Crippen molar-refractivity contribution < 1.29 is 28.2 Å². The zero-order valence-electron chi connectivity index (χ0n) is 27.0. The first kappa shape index (κ1) is 35.9. The molecule has 9 nitrogen and oxygen atoms in total. The Hall–Kier alpha value is -1.28. The van der Waals surface area contributed by atoms with E-state index in [-0.39, 0.29) is 37.1 Å². The zero-order chi connectivity index (χ0) is 30.7. The molecule has 2 rings (SSSR count). The zero-order valence-corrected chi connectivity index (χ0v) is 27.9. The van der Waals surface area contributed by atoms with Crippen molar-refractivity contribution in [1.82, 2.24) is 15.7 Å². The lowest BCUT2D eigenvalue weighted by Gasteiger charge is -2.41. The van der Waals surface area contributed by atoms with Crippen LogP contribution in [0.15, 0.2) is 0 Å². The molecule has 3 N–H and O–H groups in total. The predicted octanol–water partition coefficient (Wildman–Crippen LogP) is 5.58. The molecule has 238 valence electrons.